The number of halogens is 3. The monoisotopic (exact) mass is 682 g/mol. The van der Waals surface area contributed by atoms with Crippen LogP contribution in [0.5, 0.6) is 17.2 Å². The van der Waals surface area contributed by atoms with Gasteiger partial charge in [-0.2, -0.15) is 0 Å². The van der Waals surface area contributed by atoms with Crippen LogP contribution in [0.3, 0.4) is 0 Å². The lowest BCUT2D eigenvalue weighted by Crippen LogP contribution is -2.35. The molecule has 1 saturated heterocycles. The number of ether oxygens (including phenoxy) is 3. The minimum absolute atomic E-state index is 0.275. The van der Waals surface area contributed by atoms with Gasteiger partial charge in [0, 0.05) is 43.2 Å². The summed E-state index contributed by atoms with van der Waals surface area (Å²) >= 11 is 17.9. The predicted octanol–water partition coefficient (Wildman–Crippen LogP) is 6.51. The van der Waals surface area contributed by atoms with Crippen LogP contribution in [-0.4, -0.2) is 95.4 Å². The summed E-state index contributed by atoms with van der Waals surface area (Å²) in [6, 6.07) is 15.9. The number of likely N-dealkylation sites (N-methyl/N-ethyl adjacent to an activating group) is 1. The van der Waals surface area contributed by atoms with Crippen LogP contribution in [0.1, 0.15) is 19.3 Å². The van der Waals surface area contributed by atoms with Crippen LogP contribution in [0.15, 0.2) is 54.6 Å². The lowest BCUT2D eigenvalue weighted by Gasteiger charge is -2.29. The molecule has 1 aliphatic rings. The molecule has 1 heterocycles. The highest BCUT2D eigenvalue weighted by Gasteiger charge is 2.18. The summed E-state index contributed by atoms with van der Waals surface area (Å²) < 4.78 is 16.9. The molecular formula is C33H49Cl3N6O3. The summed E-state index contributed by atoms with van der Waals surface area (Å²) in [5, 5.41) is 1.72. The summed E-state index contributed by atoms with van der Waals surface area (Å²) in [5.41, 5.74) is 18.7. The van der Waals surface area contributed by atoms with E-state index in [0.717, 1.165) is 51.2 Å². The van der Waals surface area contributed by atoms with Gasteiger partial charge >= 0.3 is 0 Å². The molecule has 0 unspecified atom stereocenters. The maximum atomic E-state index is 6.06. The van der Waals surface area contributed by atoms with Crippen LogP contribution < -0.4 is 31.4 Å². The Kier molecular flexibility index (Phi) is 17.4. The number of hydrogen-bond acceptors (Lipinski definition) is 9. The number of hydrogen-bond donors (Lipinski definition) is 3. The van der Waals surface area contributed by atoms with Crippen molar-refractivity contribution in [3.05, 3.63) is 69.7 Å². The molecule has 0 amide bonds. The molecule has 1 aliphatic heterocycles. The number of nitrogens with zero attached hydrogens (tertiary/aromatic N) is 3. The summed E-state index contributed by atoms with van der Waals surface area (Å²) in [6.07, 6.45) is 3.36. The fourth-order valence-corrected chi connectivity index (χ4v) is 4.78. The van der Waals surface area contributed by atoms with Gasteiger partial charge in [0.05, 0.1) is 21.7 Å². The molecule has 0 saturated carbocycles. The zero-order valence-electron chi connectivity index (χ0n) is 27.1. The third kappa shape index (κ3) is 15.9. The van der Waals surface area contributed by atoms with E-state index in [1.165, 1.54) is 0 Å². The molecule has 0 spiro atoms. The minimum atomic E-state index is 0.275. The molecule has 3 aromatic rings. The van der Waals surface area contributed by atoms with Crippen molar-refractivity contribution in [1.82, 2.24) is 14.7 Å². The Morgan fingerprint density at radius 2 is 1.09 bits per heavy atom. The second kappa shape index (κ2) is 20.4. The number of anilines is 3. The first kappa shape index (κ1) is 38.4. The fourth-order valence-electron chi connectivity index (χ4n) is 4.06. The highest BCUT2D eigenvalue weighted by Crippen LogP contribution is 2.29. The number of nitrogen functional groups attached to an aromatic ring is 3. The van der Waals surface area contributed by atoms with Crippen LogP contribution in [0.4, 0.5) is 17.1 Å². The van der Waals surface area contributed by atoms with Crippen LogP contribution >= 0.6 is 34.8 Å². The topological polar surface area (TPSA) is 115 Å². The average molecular weight is 684 g/mol. The molecule has 3 aromatic carbocycles. The van der Waals surface area contributed by atoms with Crippen molar-refractivity contribution in [1.29, 1.82) is 0 Å². The minimum Gasteiger partial charge on any atom is -0.492 e. The van der Waals surface area contributed by atoms with E-state index in [0.29, 0.717) is 56.8 Å². The first-order valence-corrected chi connectivity index (χ1v) is 16.0. The van der Waals surface area contributed by atoms with Gasteiger partial charge in [0.1, 0.15) is 30.0 Å². The van der Waals surface area contributed by atoms with E-state index in [1.54, 1.807) is 42.5 Å². The zero-order valence-corrected chi connectivity index (χ0v) is 29.3. The van der Waals surface area contributed by atoms with Crippen LogP contribution in [0.2, 0.25) is 15.1 Å². The third-order valence-electron chi connectivity index (χ3n) is 6.63. The van der Waals surface area contributed by atoms with Crippen molar-refractivity contribution < 1.29 is 14.2 Å². The Morgan fingerprint density at radius 1 is 0.667 bits per heavy atom. The van der Waals surface area contributed by atoms with E-state index in [4.69, 9.17) is 66.2 Å². The first-order chi connectivity index (χ1) is 21.3. The van der Waals surface area contributed by atoms with E-state index < -0.39 is 0 Å². The Bertz CT molecular complexity index is 1290. The summed E-state index contributed by atoms with van der Waals surface area (Å²) in [5.74, 6) is 2.12. The molecule has 4 rings (SSSR count). The normalized spacial score (nSPS) is 13.5. The molecule has 12 heteroatoms. The number of nitrogens with two attached hydrogens (primary N) is 3. The van der Waals surface area contributed by atoms with E-state index in [1.807, 2.05) is 45.2 Å². The van der Waals surface area contributed by atoms with E-state index >= 15 is 0 Å². The van der Waals surface area contributed by atoms with Crippen molar-refractivity contribution in [3.63, 3.8) is 0 Å². The van der Waals surface area contributed by atoms with Crippen molar-refractivity contribution >= 4 is 51.9 Å². The highest BCUT2D eigenvalue weighted by molar-refractivity contribution is 6.33. The van der Waals surface area contributed by atoms with Crippen LogP contribution in [-0.2, 0) is 0 Å². The van der Waals surface area contributed by atoms with Crippen molar-refractivity contribution in [2.24, 2.45) is 0 Å². The lowest BCUT2D eigenvalue weighted by atomic mass is 10.1. The molecule has 0 aliphatic carbocycles. The standard InChI is InChI=1S/C12H17ClN2O.C11H17ClN2O.C10H15ClN2O/c1-15-6-4-10(5-7-15)16-12-3-2-9(14)8-11(12)13;1-14(2)6-3-7-15-11-5-4-9(13)8-10(11)12;1-13(2)5-6-14-10-4-3-8(12)7-9(10)11/h2-3,8,10H,4-7,14H2,1H3;4-5,8H,3,6-7,13H2,1-2H3;3-4,7H,5-6,12H2,1-2H3. The maximum Gasteiger partial charge on any atom is 0.138 e. The third-order valence-corrected chi connectivity index (χ3v) is 7.52. The first-order valence-electron chi connectivity index (χ1n) is 14.9. The molecule has 9 nitrogen and oxygen atoms in total. The summed E-state index contributed by atoms with van der Waals surface area (Å²) in [4.78, 5) is 6.48. The van der Waals surface area contributed by atoms with Gasteiger partial charge < -0.3 is 46.1 Å². The number of benzene rings is 3. The molecule has 45 heavy (non-hydrogen) atoms. The van der Waals surface area contributed by atoms with Gasteiger partial charge in [-0.25, -0.2) is 0 Å². The molecule has 0 atom stereocenters. The molecular weight excluding hydrogens is 635 g/mol. The van der Waals surface area contributed by atoms with Gasteiger partial charge in [-0.3, -0.25) is 0 Å². The van der Waals surface area contributed by atoms with E-state index in [2.05, 4.69) is 16.8 Å². The van der Waals surface area contributed by atoms with Crippen LogP contribution in [0.25, 0.3) is 0 Å². The fraction of sp³-hybridized carbons (Fsp3) is 0.455. The van der Waals surface area contributed by atoms with Crippen molar-refractivity contribution in [2.75, 3.05) is 91.8 Å². The molecule has 6 N–H and O–H groups in total. The quantitative estimate of drug-likeness (QED) is 0.154. The SMILES string of the molecule is CN(C)CCCOc1ccc(N)cc1Cl.CN(C)CCOc1ccc(N)cc1Cl.CN1CCC(Oc2ccc(N)cc2Cl)CC1. The molecule has 1 fully saturated rings. The second-order valence-electron chi connectivity index (χ2n) is 11.3. The molecule has 0 aromatic heterocycles. The molecule has 0 radical (unpaired) electrons. The maximum absolute atomic E-state index is 6.06. The number of likely N-dealkylation sites (tertiary alicyclic amines) is 1. The highest BCUT2D eigenvalue weighted by atomic mass is 35.5. The number of rotatable bonds is 11. The Morgan fingerprint density at radius 3 is 1.51 bits per heavy atom. The summed E-state index contributed by atoms with van der Waals surface area (Å²) in [6.45, 7) is 5.32. The molecule has 0 bridgehead atoms. The van der Waals surface area contributed by atoms with Gasteiger partial charge in [-0.15, -0.1) is 0 Å². The molecule has 250 valence electrons. The average Bonchev–Trinajstić information content (AvgIpc) is 2.96. The largest absolute Gasteiger partial charge is 0.492 e. The second-order valence-corrected chi connectivity index (χ2v) is 12.6. The van der Waals surface area contributed by atoms with E-state index in [-0.39, 0.29) is 6.10 Å². The lowest BCUT2D eigenvalue weighted by molar-refractivity contribution is 0.114. The van der Waals surface area contributed by atoms with Gasteiger partial charge in [0.15, 0.2) is 0 Å². The van der Waals surface area contributed by atoms with Crippen molar-refractivity contribution in [2.45, 2.75) is 25.4 Å². The summed E-state index contributed by atoms with van der Waals surface area (Å²) in [7, 11) is 10.2. The number of piperidine rings is 1. The zero-order chi connectivity index (χ0) is 33.4. The van der Waals surface area contributed by atoms with Crippen LogP contribution in [0, 0.1) is 0 Å². The van der Waals surface area contributed by atoms with Gasteiger partial charge in [-0.1, -0.05) is 34.8 Å². The Balaban J connectivity index is 0.000000236. The van der Waals surface area contributed by atoms with Gasteiger partial charge in [-0.05, 0) is 109 Å². The Labute approximate surface area is 284 Å². The van der Waals surface area contributed by atoms with Gasteiger partial charge in [0.2, 0.25) is 0 Å². The smallest absolute Gasteiger partial charge is 0.138 e. The van der Waals surface area contributed by atoms with E-state index in [9.17, 15) is 0 Å². The predicted molar refractivity (Wildman–Crippen MR) is 191 cm³/mol. The van der Waals surface area contributed by atoms with Crippen molar-refractivity contribution in [3.8, 4) is 17.2 Å². The Hall–Kier alpha value is -2.79. The van der Waals surface area contributed by atoms with Gasteiger partial charge in [0.25, 0.3) is 0 Å².